The molecule has 0 saturated carbocycles. The SMILES string of the molecule is COCCNS(=O)(=O)c1sc2c(c1C(=O)OC)CCN(C/C(Cl)=C/c1ccccc1)C2. The maximum atomic E-state index is 12.8. The predicted molar refractivity (Wildman–Crippen MR) is 122 cm³/mol. The van der Waals surface area contributed by atoms with Crippen LogP contribution in [-0.2, 0) is 32.5 Å². The van der Waals surface area contributed by atoms with Gasteiger partial charge in [0.2, 0.25) is 0 Å². The smallest absolute Gasteiger partial charge is 0.340 e. The second-order valence-corrected chi connectivity index (χ2v) is 10.6. The predicted octanol–water partition coefficient (Wildman–Crippen LogP) is 3.10. The van der Waals surface area contributed by atoms with Crippen molar-refractivity contribution in [2.45, 2.75) is 17.2 Å². The van der Waals surface area contributed by atoms with E-state index in [2.05, 4.69) is 9.62 Å². The Morgan fingerprint density at radius 3 is 2.71 bits per heavy atom. The van der Waals surface area contributed by atoms with Crippen LogP contribution in [0.5, 0.6) is 0 Å². The summed E-state index contributed by atoms with van der Waals surface area (Å²) < 4.78 is 37.9. The maximum absolute atomic E-state index is 12.8. The molecule has 31 heavy (non-hydrogen) atoms. The van der Waals surface area contributed by atoms with Gasteiger partial charge in [-0.05, 0) is 23.6 Å². The summed E-state index contributed by atoms with van der Waals surface area (Å²) in [4.78, 5) is 15.4. The Labute approximate surface area is 191 Å². The largest absolute Gasteiger partial charge is 0.465 e. The monoisotopic (exact) mass is 484 g/mol. The van der Waals surface area contributed by atoms with E-state index in [1.165, 1.54) is 14.2 Å². The van der Waals surface area contributed by atoms with Crippen molar-refractivity contribution in [3.8, 4) is 0 Å². The minimum absolute atomic E-state index is 0.00627. The molecule has 0 saturated heterocycles. The third-order valence-electron chi connectivity index (χ3n) is 4.83. The van der Waals surface area contributed by atoms with Crippen molar-refractivity contribution < 1.29 is 22.7 Å². The number of carbonyl (C=O) groups excluding carboxylic acids is 1. The molecule has 3 rings (SSSR count). The van der Waals surface area contributed by atoms with Gasteiger partial charge in [-0.1, -0.05) is 41.9 Å². The quantitative estimate of drug-likeness (QED) is 0.435. The molecule has 1 aromatic heterocycles. The molecule has 0 atom stereocenters. The normalized spacial score (nSPS) is 15.0. The Balaban J connectivity index is 1.83. The Kier molecular flexibility index (Phi) is 8.26. The summed E-state index contributed by atoms with van der Waals surface area (Å²) in [5, 5.41) is 0.688. The van der Waals surface area contributed by atoms with Crippen molar-refractivity contribution in [1.29, 1.82) is 0 Å². The molecular weight excluding hydrogens is 460 g/mol. The number of thiophene rings is 1. The first kappa shape index (κ1) is 23.9. The first-order chi connectivity index (χ1) is 14.9. The van der Waals surface area contributed by atoms with E-state index in [0.717, 1.165) is 27.3 Å². The molecule has 0 aliphatic carbocycles. The number of esters is 1. The lowest BCUT2D eigenvalue weighted by Crippen LogP contribution is -2.31. The van der Waals surface area contributed by atoms with E-state index in [0.29, 0.717) is 31.1 Å². The Morgan fingerprint density at radius 2 is 2.03 bits per heavy atom. The van der Waals surface area contributed by atoms with E-state index < -0.39 is 16.0 Å². The zero-order valence-corrected chi connectivity index (χ0v) is 19.8. The molecule has 1 aliphatic rings. The molecular formula is C21H25ClN2O5S2. The van der Waals surface area contributed by atoms with E-state index in [1.54, 1.807) is 0 Å². The fraction of sp³-hybridized carbons (Fsp3) is 0.381. The van der Waals surface area contributed by atoms with Gasteiger partial charge >= 0.3 is 5.97 Å². The summed E-state index contributed by atoms with van der Waals surface area (Å²) in [6.45, 7) is 2.06. The topological polar surface area (TPSA) is 84.9 Å². The van der Waals surface area contributed by atoms with Crippen LogP contribution in [0.15, 0.2) is 39.6 Å². The molecule has 1 N–H and O–H groups in total. The van der Waals surface area contributed by atoms with Gasteiger partial charge in [-0.25, -0.2) is 17.9 Å². The lowest BCUT2D eigenvalue weighted by atomic mass is 10.0. The molecule has 0 radical (unpaired) electrons. The molecule has 0 fully saturated rings. The van der Waals surface area contributed by atoms with E-state index in [1.807, 2.05) is 36.4 Å². The molecule has 0 unspecified atom stereocenters. The molecule has 2 aromatic rings. The minimum atomic E-state index is -3.86. The van der Waals surface area contributed by atoms with Crippen LogP contribution in [0.3, 0.4) is 0 Å². The van der Waals surface area contributed by atoms with Crippen LogP contribution in [-0.4, -0.2) is 59.7 Å². The number of rotatable bonds is 9. The maximum Gasteiger partial charge on any atom is 0.340 e. The molecule has 2 heterocycles. The standard InChI is InChI=1S/C21H25ClN2O5S2/c1-28-11-9-23-31(26,27)21-19(20(25)29-2)17-8-10-24(14-18(17)30-21)13-16(22)12-15-6-4-3-5-7-15/h3-7,12,23H,8-11,13-14H2,1-2H3/b16-12-. The average molecular weight is 485 g/mol. The number of fused-ring (bicyclic) bond motifs is 1. The number of benzene rings is 1. The number of hydrogen-bond acceptors (Lipinski definition) is 7. The van der Waals surface area contributed by atoms with E-state index >= 15 is 0 Å². The van der Waals surface area contributed by atoms with Gasteiger partial charge < -0.3 is 9.47 Å². The van der Waals surface area contributed by atoms with Gasteiger partial charge in [0.05, 0.1) is 19.3 Å². The Bertz CT molecular complexity index is 1050. The number of nitrogens with zero attached hydrogens (tertiary/aromatic N) is 1. The van der Waals surface area contributed by atoms with Crippen molar-refractivity contribution in [2.24, 2.45) is 0 Å². The van der Waals surface area contributed by atoms with Gasteiger partial charge in [-0.2, -0.15) is 0 Å². The second-order valence-electron chi connectivity index (χ2n) is 7.01. The average Bonchev–Trinajstić information content (AvgIpc) is 3.13. The molecule has 0 spiro atoms. The van der Waals surface area contributed by atoms with Crippen molar-refractivity contribution >= 4 is 45.0 Å². The lowest BCUT2D eigenvalue weighted by molar-refractivity contribution is 0.0595. The molecule has 0 bridgehead atoms. The third kappa shape index (κ3) is 5.94. The zero-order chi connectivity index (χ0) is 22.4. The van der Waals surface area contributed by atoms with Crippen LogP contribution in [0, 0.1) is 0 Å². The van der Waals surface area contributed by atoms with E-state index in [9.17, 15) is 13.2 Å². The number of hydrogen-bond donors (Lipinski definition) is 1. The van der Waals surface area contributed by atoms with Crippen molar-refractivity contribution in [3.05, 3.63) is 56.9 Å². The molecule has 168 valence electrons. The number of methoxy groups -OCH3 is 2. The van der Waals surface area contributed by atoms with Gasteiger partial charge in [0, 0.05) is 43.2 Å². The van der Waals surface area contributed by atoms with Crippen molar-refractivity contribution in [2.75, 3.05) is 40.5 Å². The van der Waals surface area contributed by atoms with Crippen LogP contribution < -0.4 is 4.72 Å². The molecule has 0 amide bonds. The highest BCUT2D eigenvalue weighted by Gasteiger charge is 2.33. The number of ether oxygens (including phenoxy) is 2. The van der Waals surface area contributed by atoms with Crippen LogP contribution >= 0.6 is 22.9 Å². The summed E-state index contributed by atoms with van der Waals surface area (Å²) in [7, 11) is -1.12. The van der Waals surface area contributed by atoms with Gasteiger partial charge in [-0.15, -0.1) is 11.3 Å². The fourth-order valence-corrected chi connectivity index (χ4v) is 6.67. The number of halogens is 1. The van der Waals surface area contributed by atoms with Gasteiger partial charge in [0.1, 0.15) is 4.21 Å². The number of carbonyl (C=O) groups is 1. The first-order valence-electron chi connectivity index (χ1n) is 9.70. The van der Waals surface area contributed by atoms with Crippen LogP contribution in [0.4, 0.5) is 0 Å². The highest BCUT2D eigenvalue weighted by molar-refractivity contribution is 7.91. The Morgan fingerprint density at radius 1 is 1.29 bits per heavy atom. The first-order valence-corrected chi connectivity index (χ1v) is 12.4. The summed E-state index contributed by atoms with van der Waals surface area (Å²) in [6, 6.07) is 9.80. The van der Waals surface area contributed by atoms with Gasteiger partial charge in [-0.3, -0.25) is 4.90 Å². The minimum Gasteiger partial charge on any atom is -0.465 e. The van der Waals surface area contributed by atoms with Gasteiger partial charge in [0.15, 0.2) is 0 Å². The number of nitrogens with one attached hydrogen (secondary N) is 1. The van der Waals surface area contributed by atoms with E-state index in [-0.39, 0.29) is 22.9 Å². The molecule has 10 heteroatoms. The zero-order valence-electron chi connectivity index (χ0n) is 17.4. The lowest BCUT2D eigenvalue weighted by Gasteiger charge is -2.26. The summed E-state index contributed by atoms with van der Waals surface area (Å²) in [5.74, 6) is -0.639. The molecule has 1 aliphatic heterocycles. The highest BCUT2D eigenvalue weighted by Crippen LogP contribution is 2.36. The van der Waals surface area contributed by atoms with Crippen molar-refractivity contribution in [1.82, 2.24) is 9.62 Å². The molecule has 1 aromatic carbocycles. The molecule has 7 nitrogen and oxygen atoms in total. The fourth-order valence-electron chi connectivity index (χ4n) is 3.40. The Hall–Kier alpha value is -1.75. The second kappa shape index (κ2) is 10.7. The van der Waals surface area contributed by atoms with Crippen LogP contribution in [0.2, 0.25) is 0 Å². The van der Waals surface area contributed by atoms with Crippen LogP contribution in [0.1, 0.15) is 26.4 Å². The third-order valence-corrected chi connectivity index (χ3v) is 8.26. The van der Waals surface area contributed by atoms with E-state index in [4.69, 9.17) is 21.1 Å². The summed E-state index contributed by atoms with van der Waals surface area (Å²) in [5.41, 5.74) is 1.89. The van der Waals surface area contributed by atoms with Crippen LogP contribution in [0.25, 0.3) is 6.08 Å². The number of sulfonamides is 1. The van der Waals surface area contributed by atoms with Crippen molar-refractivity contribution in [3.63, 3.8) is 0 Å². The summed E-state index contributed by atoms with van der Waals surface area (Å²) in [6.07, 6.45) is 2.46. The van der Waals surface area contributed by atoms with Gasteiger partial charge in [0.25, 0.3) is 10.0 Å². The highest BCUT2D eigenvalue weighted by atomic mass is 35.5. The summed E-state index contributed by atoms with van der Waals surface area (Å²) >= 11 is 7.57.